The van der Waals surface area contributed by atoms with E-state index in [-0.39, 0.29) is 58.3 Å². The van der Waals surface area contributed by atoms with Crippen LogP contribution in [0.2, 0.25) is 0 Å². The minimum atomic E-state index is -1.44. The number of aliphatic hydroxyl groups excluding tert-OH is 8. The van der Waals surface area contributed by atoms with Crippen LogP contribution in [0.4, 0.5) is 0 Å². The third-order valence-corrected chi connectivity index (χ3v) is 16.1. The van der Waals surface area contributed by atoms with Gasteiger partial charge in [0.2, 0.25) is 35.4 Å². The number of ketones is 1. The van der Waals surface area contributed by atoms with E-state index in [9.17, 15) is 45.6 Å². The van der Waals surface area contributed by atoms with E-state index in [1.54, 1.807) is 59.0 Å². The van der Waals surface area contributed by atoms with Crippen LogP contribution in [0, 0.1) is 5.92 Å². The number of fused-ring (bicyclic) bond motifs is 11. The molecule has 0 fully saturated rings. The fraction of sp³-hybridized carbons (Fsp3) is 0.292. The van der Waals surface area contributed by atoms with Crippen molar-refractivity contribution in [1.29, 1.82) is 0 Å². The van der Waals surface area contributed by atoms with Gasteiger partial charge >= 0.3 is 0 Å². The van der Waals surface area contributed by atoms with Crippen LogP contribution in [-0.2, 0) is 4.79 Å². The number of aromatic nitrogens is 7. The van der Waals surface area contributed by atoms with Crippen LogP contribution < -0.4 is 0 Å². The number of aliphatic hydroxyl groups is 8. The molecule has 8 N–H and O–H groups in total. The van der Waals surface area contributed by atoms with Gasteiger partial charge in [-0.25, -0.2) is 64.8 Å². The normalized spacial score (nSPS) is 18.7. The highest BCUT2D eigenvalue weighted by molar-refractivity contribution is 7.15. The van der Waals surface area contributed by atoms with Crippen LogP contribution in [0.1, 0.15) is 98.3 Å². The van der Waals surface area contributed by atoms with Gasteiger partial charge in [-0.15, -0.1) is 68.0 Å². The Balaban J connectivity index is 1.21. The smallest absolute Gasteiger partial charge is 0.239 e. The van der Waals surface area contributed by atoms with Gasteiger partial charge in [0.05, 0.1) is 23.6 Å². The van der Waals surface area contributed by atoms with Gasteiger partial charge in [-0.2, -0.15) is 0 Å². The van der Waals surface area contributed by atoms with Crippen LogP contribution in [0.5, 0.6) is 0 Å². The Labute approximate surface area is 457 Å². The number of hydrogen-bond acceptors (Lipinski definition) is 22. The number of nitrogens with zero attached hydrogens (tertiary/aromatic N) is 13. The number of carbonyl (C=O) groups excluding carboxylic acids is 1. The second-order valence-electron chi connectivity index (χ2n) is 16.9. The summed E-state index contributed by atoms with van der Waals surface area (Å²) in [4.78, 5) is 70.0. The molecule has 7 aromatic heterocycles. The lowest BCUT2D eigenvalue weighted by atomic mass is 10.1. The van der Waals surface area contributed by atoms with Gasteiger partial charge in [-0.3, -0.25) is 4.79 Å². The van der Waals surface area contributed by atoms with E-state index in [0.29, 0.717) is 58.4 Å². The van der Waals surface area contributed by atoms with Gasteiger partial charge in [-0.05, 0) is 52.7 Å². The molecule has 0 aromatic carbocycles. The summed E-state index contributed by atoms with van der Waals surface area (Å²) in [5.41, 5.74) is 2.52. The lowest BCUT2D eigenvalue weighted by Gasteiger charge is -2.14. The summed E-state index contributed by atoms with van der Waals surface area (Å²) in [5.74, 6) is -3.54. The van der Waals surface area contributed by atoms with E-state index in [2.05, 4.69) is 49.9 Å². The molecule has 8 bridgehead atoms. The van der Waals surface area contributed by atoms with Crippen LogP contribution in [-0.4, -0.2) is 142 Å². The molecule has 0 aliphatic carbocycles. The van der Waals surface area contributed by atoms with Gasteiger partial charge in [0.15, 0.2) is 11.8 Å². The average molecular weight is 1140 g/mol. The van der Waals surface area contributed by atoms with Gasteiger partial charge in [0.25, 0.3) is 0 Å². The molecular formula is C48H47N13O9S6. The maximum absolute atomic E-state index is 11.4. The summed E-state index contributed by atoms with van der Waals surface area (Å²) in [6, 6.07) is 0.308. The lowest BCUT2D eigenvalue weighted by Crippen LogP contribution is -2.31. The Morgan fingerprint density at radius 3 is 1.79 bits per heavy atom. The zero-order valence-corrected chi connectivity index (χ0v) is 46.1. The molecule has 0 amide bonds. The number of hydrogen-bond donors (Lipinski definition) is 8. The second-order valence-corrected chi connectivity index (χ2v) is 22.1. The Kier molecular flexibility index (Phi) is 17.2. The van der Waals surface area contributed by atoms with Crippen molar-refractivity contribution in [2.45, 2.75) is 78.8 Å². The fourth-order valence-electron chi connectivity index (χ4n) is 6.92. The molecule has 394 valence electrons. The van der Waals surface area contributed by atoms with Crippen LogP contribution in [0.15, 0.2) is 92.2 Å². The molecule has 0 radical (unpaired) electrons. The average Bonchev–Trinajstić information content (AvgIpc) is 4.26. The van der Waals surface area contributed by atoms with Crippen molar-refractivity contribution in [1.82, 2.24) is 34.9 Å². The summed E-state index contributed by atoms with van der Waals surface area (Å²) in [6.07, 6.45) is 0.522. The summed E-state index contributed by atoms with van der Waals surface area (Å²) in [5, 5.41) is 101. The largest absolute Gasteiger partial charge is 0.495 e. The van der Waals surface area contributed by atoms with Crippen LogP contribution >= 0.6 is 68.0 Å². The molecule has 5 atom stereocenters. The highest BCUT2D eigenvalue weighted by Gasteiger charge is 2.29. The van der Waals surface area contributed by atoms with Crippen molar-refractivity contribution in [3.8, 4) is 43.4 Å². The van der Waals surface area contributed by atoms with Crippen molar-refractivity contribution in [2.24, 2.45) is 35.9 Å². The maximum Gasteiger partial charge on any atom is 0.239 e. The molecule has 1 aliphatic heterocycles. The number of carbonyl (C=O) groups is 1. The quantitative estimate of drug-likeness (QED) is 0.0466. The monoisotopic (exact) mass is 1140 g/mol. The van der Waals surface area contributed by atoms with Crippen molar-refractivity contribution in [2.75, 3.05) is 6.54 Å². The molecule has 1 aliphatic rings. The molecule has 0 spiro atoms. The third kappa shape index (κ3) is 12.4. The summed E-state index contributed by atoms with van der Waals surface area (Å²) < 4.78 is 0. The molecule has 0 saturated heterocycles. The highest BCUT2D eigenvalue weighted by Crippen LogP contribution is 2.39. The van der Waals surface area contributed by atoms with Crippen molar-refractivity contribution < 1.29 is 45.6 Å². The maximum atomic E-state index is 11.4. The standard InChI is InChI=1S/C48H47N13O9S6/c1-8-24(37(65)49-12-20(5)62)51-38(66)28-15-73-46(56-28)32-18-74-45(58-32)26-11-10-23-36(50-26)27-13-75-48(53-27)35(22(7)64)61-41(69)31-17-76-47(57-31)33(19(3)4)59-39(67)30-16-72-44(55-30)25(9-2)52-42(70)34(21(6)63)60-40(68)29-14-71-43(23)54-29/h8-11,13-19,21-22,33-35,63-64H,12H2,1-7H3,(H,49,65)(H,51,66)(H,52,70)(H,59,67)(H,60,68)(H,61,69)/b24-8-,25-9-/t21-,22+,33+,34+,35-/m1/s1. The summed E-state index contributed by atoms with van der Waals surface area (Å²) >= 11 is 7.09. The van der Waals surface area contributed by atoms with E-state index in [1.807, 2.05) is 13.8 Å². The topological polar surface area (TPSA) is 343 Å². The predicted molar refractivity (Wildman–Crippen MR) is 300 cm³/mol. The number of thiazole rings is 6. The molecule has 28 heteroatoms. The van der Waals surface area contributed by atoms with E-state index in [4.69, 9.17) is 15.0 Å². The number of pyridine rings is 1. The molecule has 8 heterocycles. The van der Waals surface area contributed by atoms with Crippen molar-refractivity contribution in [3.05, 3.63) is 100 Å². The summed E-state index contributed by atoms with van der Waals surface area (Å²) in [6.45, 7) is 11.0. The van der Waals surface area contributed by atoms with E-state index in [1.165, 1.54) is 77.6 Å². The Bertz CT molecular complexity index is 3540. The summed E-state index contributed by atoms with van der Waals surface area (Å²) in [7, 11) is 0. The van der Waals surface area contributed by atoms with Crippen LogP contribution in [0.3, 0.4) is 0 Å². The Morgan fingerprint density at radius 2 is 1.14 bits per heavy atom. The first-order chi connectivity index (χ1) is 36.3. The molecule has 0 unspecified atom stereocenters. The molecule has 7 aromatic rings. The van der Waals surface area contributed by atoms with Gasteiger partial charge in [0, 0.05) is 37.8 Å². The van der Waals surface area contributed by atoms with Crippen LogP contribution in [0.25, 0.3) is 49.1 Å². The minimum absolute atomic E-state index is 0.00617. The second kappa shape index (κ2) is 23.8. The van der Waals surface area contributed by atoms with Gasteiger partial charge in [-0.1, -0.05) is 26.0 Å². The van der Waals surface area contributed by atoms with E-state index < -0.39 is 59.8 Å². The van der Waals surface area contributed by atoms with Crippen molar-refractivity contribution >= 4 is 115 Å². The van der Waals surface area contributed by atoms with Gasteiger partial charge < -0.3 is 40.9 Å². The number of Topliss-reactive ketones (excluding diaryl/α,β-unsaturated/α-hetero) is 1. The number of rotatable bonds is 10. The lowest BCUT2D eigenvalue weighted by molar-refractivity contribution is -0.115. The molecule has 22 nitrogen and oxygen atoms in total. The van der Waals surface area contributed by atoms with Gasteiger partial charge in [0.1, 0.15) is 94.2 Å². The Hall–Kier alpha value is -7.18. The first kappa shape index (κ1) is 55.1. The Morgan fingerprint density at radius 1 is 0.618 bits per heavy atom. The molecule has 76 heavy (non-hydrogen) atoms. The molecular weight excluding hydrogens is 1100 g/mol. The predicted octanol–water partition coefficient (Wildman–Crippen LogP) is 9.76. The van der Waals surface area contributed by atoms with E-state index >= 15 is 0 Å². The van der Waals surface area contributed by atoms with E-state index in [0.717, 1.165) is 22.7 Å². The number of allylic oxidation sites excluding steroid dienone is 2. The first-order valence-corrected chi connectivity index (χ1v) is 28.1. The zero-order valence-electron chi connectivity index (χ0n) is 41.2. The first-order valence-electron chi connectivity index (χ1n) is 22.9. The minimum Gasteiger partial charge on any atom is -0.495 e. The van der Waals surface area contributed by atoms with Crippen molar-refractivity contribution in [3.63, 3.8) is 0 Å². The highest BCUT2D eigenvalue weighted by atomic mass is 32.1. The fourth-order valence-corrected chi connectivity index (χ4v) is 12.1. The molecule has 0 saturated carbocycles. The molecule has 8 rings (SSSR count). The zero-order chi connectivity index (χ0) is 54.5. The third-order valence-electron chi connectivity index (χ3n) is 10.8. The number of aliphatic imine (C=N–C) groups is 6. The SMILES string of the molecule is C/C=C(\N=C(O)c1csc(-c2csc(-c3ccc4c(n3)-c3csc(n3)[C@@H]([C@H](C)O)N=C(O)c3csc(n3)[C@H](C(C)C)N=C(O)c3csc(n3)/C(=C/C)N=C(O)[C@H]([C@@H](C)O)N=C(O)c3csc-4n3)n2)n1)C(O)=NCC(C)=O.